The summed E-state index contributed by atoms with van der Waals surface area (Å²) in [4.78, 5) is 25.7. The Morgan fingerprint density at radius 3 is 2.29 bits per heavy atom. The number of benzene rings is 1. The van der Waals surface area contributed by atoms with E-state index in [1.165, 1.54) is 18.2 Å². The zero-order valence-corrected chi connectivity index (χ0v) is 14.4. The van der Waals surface area contributed by atoms with Gasteiger partial charge in [0.15, 0.2) is 0 Å². The van der Waals surface area contributed by atoms with Crippen molar-refractivity contribution in [2.24, 2.45) is 0 Å². The molecule has 0 saturated carbocycles. The molecule has 7 nitrogen and oxygen atoms in total. The average Bonchev–Trinajstić information content (AvgIpc) is 2.54. The molecule has 130 valence electrons. The molecule has 0 aliphatic carbocycles. The Labute approximate surface area is 140 Å². The van der Waals surface area contributed by atoms with E-state index in [0.717, 1.165) is 0 Å². The lowest BCUT2D eigenvalue weighted by Crippen LogP contribution is -2.47. The SMILES string of the molecule is COC(=O)C1OC(OC(C)(C)C)=CN(c2ccc(OC)cc2)C1=O. The van der Waals surface area contributed by atoms with E-state index in [1.54, 1.807) is 31.4 Å². The third-order valence-electron chi connectivity index (χ3n) is 3.10. The molecule has 1 amide bonds. The van der Waals surface area contributed by atoms with E-state index in [1.807, 2.05) is 20.8 Å². The highest BCUT2D eigenvalue weighted by Gasteiger charge is 2.39. The second-order valence-electron chi connectivity index (χ2n) is 6.09. The maximum atomic E-state index is 12.6. The van der Waals surface area contributed by atoms with Crippen molar-refractivity contribution in [2.75, 3.05) is 19.1 Å². The standard InChI is InChI=1S/C17H21NO6/c1-17(2,3)24-13-10-18(11-6-8-12(21-4)9-7-11)15(19)14(23-13)16(20)22-5/h6-10,14H,1-5H3. The third kappa shape index (κ3) is 3.98. The van der Waals surface area contributed by atoms with E-state index < -0.39 is 23.6 Å². The molecule has 1 aromatic rings. The smallest absolute Gasteiger partial charge is 0.357 e. The molecule has 0 bridgehead atoms. The van der Waals surface area contributed by atoms with E-state index in [4.69, 9.17) is 14.2 Å². The van der Waals surface area contributed by atoms with Crippen LogP contribution in [0.5, 0.6) is 5.75 Å². The second-order valence-corrected chi connectivity index (χ2v) is 6.09. The number of hydrogen-bond donors (Lipinski definition) is 0. The first-order valence-corrected chi connectivity index (χ1v) is 7.37. The van der Waals surface area contributed by atoms with E-state index in [2.05, 4.69) is 4.74 Å². The molecule has 2 rings (SSSR count). The summed E-state index contributed by atoms with van der Waals surface area (Å²) in [6, 6.07) is 6.82. The van der Waals surface area contributed by atoms with Crippen LogP contribution in [-0.2, 0) is 23.8 Å². The summed E-state index contributed by atoms with van der Waals surface area (Å²) in [7, 11) is 2.75. The van der Waals surface area contributed by atoms with Crippen LogP contribution in [-0.4, -0.2) is 37.8 Å². The molecule has 1 aliphatic rings. The Bertz CT molecular complexity index is 644. The molecule has 0 spiro atoms. The molecule has 1 unspecified atom stereocenters. The summed E-state index contributed by atoms with van der Waals surface area (Å²) in [6.45, 7) is 5.50. The van der Waals surface area contributed by atoms with Gasteiger partial charge in [0.2, 0.25) is 0 Å². The fourth-order valence-electron chi connectivity index (χ4n) is 2.05. The molecule has 24 heavy (non-hydrogen) atoms. The van der Waals surface area contributed by atoms with Crippen molar-refractivity contribution in [1.82, 2.24) is 0 Å². The van der Waals surface area contributed by atoms with Crippen LogP contribution in [0.25, 0.3) is 0 Å². The number of rotatable bonds is 4. The van der Waals surface area contributed by atoms with Gasteiger partial charge in [-0.25, -0.2) is 4.79 Å². The van der Waals surface area contributed by atoms with Crippen molar-refractivity contribution >= 4 is 17.6 Å². The number of hydrogen-bond acceptors (Lipinski definition) is 6. The lowest BCUT2D eigenvalue weighted by atomic mass is 10.2. The van der Waals surface area contributed by atoms with Gasteiger partial charge in [-0.1, -0.05) is 0 Å². The first-order valence-electron chi connectivity index (χ1n) is 7.37. The van der Waals surface area contributed by atoms with E-state index in [0.29, 0.717) is 11.4 Å². The molecular weight excluding hydrogens is 314 g/mol. The third-order valence-corrected chi connectivity index (χ3v) is 3.10. The fourth-order valence-corrected chi connectivity index (χ4v) is 2.05. The quantitative estimate of drug-likeness (QED) is 0.620. The summed E-state index contributed by atoms with van der Waals surface area (Å²) < 4.78 is 20.8. The van der Waals surface area contributed by atoms with Gasteiger partial charge in [-0.15, -0.1) is 0 Å². The zero-order valence-electron chi connectivity index (χ0n) is 14.4. The number of esters is 1. The summed E-state index contributed by atoms with van der Waals surface area (Å²) in [6.07, 6.45) is -0.00563. The normalized spacial score (nSPS) is 17.7. The Morgan fingerprint density at radius 1 is 1.17 bits per heavy atom. The van der Waals surface area contributed by atoms with Crippen LogP contribution < -0.4 is 9.64 Å². The molecule has 1 heterocycles. The van der Waals surface area contributed by atoms with Crippen LogP contribution in [0.4, 0.5) is 5.69 Å². The number of nitrogens with zero attached hydrogens (tertiary/aromatic N) is 1. The number of carbonyl (C=O) groups is 2. The van der Waals surface area contributed by atoms with Crippen LogP contribution in [0.2, 0.25) is 0 Å². The van der Waals surface area contributed by atoms with Crippen LogP contribution in [0.1, 0.15) is 20.8 Å². The van der Waals surface area contributed by atoms with Gasteiger partial charge >= 0.3 is 5.97 Å². The molecule has 0 saturated heterocycles. The molecule has 1 atom stereocenters. The first-order chi connectivity index (χ1) is 11.2. The molecule has 0 fully saturated rings. The van der Waals surface area contributed by atoms with E-state index in [9.17, 15) is 9.59 Å². The summed E-state index contributed by atoms with van der Waals surface area (Å²) in [5, 5.41) is 0. The number of methoxy groups -OCH3 is 2. The highest BCUT2D eigenvalue weighted by atomic mass is 16.7. The first kappa shape index (κ1) is 17.7. The number of carbonyl (C=O) groups excluding carboxylic acids is 2. The predicted octanol–water partition coefficient (Wildman–Crippen LogP) is 2.21. The molecule has 0 aromatic heterocycles. The molecule has 0 N–H and O–H groups in total. The molecule has 1 aliphatic heterocycles. The van der Waals surface area contributed by atoms with E-state index >= 15 is 0 Å². The Balaban J connectivity index is 2.38. The Hall–Kier alpha value is -2.70. The fraction of sp³-hybridized carbons (Fsp3) is 0.412. The highest BCUT2D eigenvalue weighted by molar-refractivity contribution is 6.10. The van der Waals surface area contributed by atoms with Crippen molar-refractivity contribution in [3.8, 4) is 5.75 Å². The van der Waals surface area contributed by atoms with Gasteiger partial charge < -0.3 is 18.9 Å². The Morgan fingerprint density at radius 2 is 1.79 bits per heavy atom. The highest BCUT2D eigenvalue weighted by Crippen LogP contribution is 2.27. The number of amides is 1. The minimum absolute atomic E-state index is 0.0633. The maximum Gasteiger partial charge on any atom is 0.357 e. The van der Waals surface area contributed by atoms with Crippen molar-refractivity contribution in [3.63, 3.8) is 0 Å². The van der Waals surface area contributed by atoms with Crippen LogP contribution in [0.3, 0.4) is 0 Å². The summed E-state index contributed by atoms with van der Waals surface area (Å²) >= 11 is 0. The van der Waals surface area contributed by atoms with Gasteiger partial charge in [0.05, 0.1) is 20.4 Å². The minimum Gasteiger partial charge on any atom is -0.497 e. The summed E-state index contributed by atoms with van der Waals surface area (Å²) in [5.41, 5.74) is -0.00799. The lowest BCUT2D eigenvalue weighted by molar-refractivity contribution is -0.165. The van der Waals surface area contributed by atoms with Crippen molar-refractivity contribution in [1.29, 1.82) is 0 Å². The monoisotopic (exact) mass is 335 g/mol. The molecular formula is C17H21NO6. The van der Waals surface area contributed by atoms with Gasteiger partial charge in [0, 0.05) is 5.69 Å². The van der Waals surface area contributed by atoms with Gasteiger partial charge in [0.25, 0.3) is 18.0 Å². The Kier molecular flexibility index (Phi) is 5.02. The van der Waals surface area contributed by atoms with Crippen LogP contribution >= 0.6 is 0 Å². The van der Waals surface area contributed by atoms with Gasteiger partial charge in [0.1, 0.15) is 11.4 Å². The van der Waals surface area contributed by atoms with Gasteiger partial charge in [-0.2, -0.15) is 0 Å². The van der Waals surface area contributed by atoms with E-state index in [-0.39, 0.29) is 5.95 Å². The lowest BCUT2D eigenvalue weighted by Gasteiger charge is -2.32. The van der Waals surface area contributed by atoms with Gasteiger partial charge in [-0.3, -0.25) is 9.69 Å². The second kappa shape index (κ2) is 6.82. The van der Waals surface area contributed by atoms with Crippen molar-refractivity contribution in [2.45, 2.75) is 32.5 Å². The predicted molar refractivity (Wildman–Crippen MR) is 86.3 cm³/mol. The van der Waals surface area contributed by atoms with Crippen molar-refractivity contribution < 1.29 is 28.5 Å². The summed E-state index contributed by atoms with van der Waals surface area (Å²) in [5.74, 6) is -0.637. The minimum atomic E-state index is -1.42. The zero-order chi connectivity index (χ0) is 17.9. The van der Waals surface area contributed by atoms with Crippen LogP contribution in [0.15, 0.2) is 36.4 Å². The molecule has 7 heteroatoms. The van der Waals surface area contributed by atoms with Crippen molar-refractivity contribution in [3.05, 3.63) is 36.4 Å². The maximum absolute atomic E-state index is 12.6. The largest absolute Gasteiger partial charge is 0.497 e. The average molecular weight is 335 g/mol. The van der Waals surface area contributed by atoms with Gasteiger partial charge in [-0.05, 0) is 45.0 Å². The topological polar surface area (TPSA) is 74.3 Å². The molecule has 1 aromatic carbocycles. The van der Waals surface area contributed by atoms with Crippen LogP contribution in [0, 0.1) is 0 Å². The number of ether oxygens (including phenoxy) is 4. The number of anilines is 1. The molecule has 0 radical (unpaired) electrons.